The molecule has 1 unspecified atom stereocenters. The van der Waals surface area contributed by atoms with Gasteiger partial charge in [0.2, 0.25) is 0 Å². The molecule has 19 heavy (non-hydrogen) atoms. The first-order valence-corrected chi connectivity index (χ1v) is 7.95. The van der Waals surface area contributed by atoms with Crippen LogP contribution in [0.5, 0.6) is 0 Å². The Morgan fingerprint density at radius 2 is 1.89 bits per heavy atom. The molecule has 0 aromatic carbocycles. The van der Waals surface area contributed by atoms with E-state index in [1.54, 1.807) is 0 Å². The summed E-state index contributed by atoms with van der Waals surface area (Å²) in [5, 5.41) is 0. The van der Waals surface area contributed by atoms with Crippen molar-refractivity contribution in [2.45, 2.75) is 39.7 Å². The number of hydrogen-bond donors (Lipinski definition) is 0. The highest BCUT2D eigenvalue weighted by Crippen LogP contribution is 2.19. The normalized spacial score (nSPS) is 18.6. The predicted octanol–water partition coefficient (Wildman–Crippen LogP) is 2.72. The summed E-state index contributed by atoms with van der Waals surface area (Å²) in [6.45, 7) is 11.0. The molecule has 2 rings (SSSR count). The van der Waals surface area contributed by atoms with Crippen LogP contribution in [0.4, 0.5) is 5.82 Å². The summed E-state index contributed by atoms with van der Waals surface area (Å²) in [5.41, 5.74) is 0. The van der Waals surface area contributed by atoms with Crippen LogP contribution in [0.25, 0.3) is 0 Å². The number of anilines is 1. The van der Waals surface area contributed by atoms with Crippen molar-refractivity contribution in [3.05, 3.63) is 16.5 Å². The standard InChI is InChI=1S/C14H23BrN4/c1-4-11(3)18-6-8-19(9-7-18)14-10-12(15)16-13(5-2)17-14/h10-11H,4-9H2,1-3H3. The number of nitrogens with zero attached hydrogens (tertiary/aromatic N) is 4. The Balaban J connectivity index is 2.03. The van der Waals surface area contributed by atoms with E-state index in [0.29, 0.717) is 6.04 Å². The molecule has 0 saturated carbocycles. The van der Waals surface area contributed by atoms with Crippen molar-refractivity contribution >= 4 is 21.7 Å². The van der Waals surface area contributed by atoms with Crippen molar-refractivity contribution < 1.29 is 0 Å². The third-order valence-electron chi connectivity index (χ3n) is 3.90. The fourth-order valence-electron chi connectivity index (χ4n) is 2.42. The zero-order chi connectivity index (χ0) is 13.8. The molecule has 0 aliphatic carbocycles. The van der Waals surface area contributed by atoms with Gasteiger partial charge in [-0.25, -0.2) is 9.97 Å². The van der Waals surface area contributed by atoms with Gasteiger partial charge in [-0.3, -0.25) is 4.90 Å². The number of aromatic nitrogens is 2. The summed E-state index contributed by atoms with van der Waals surface area (Å²) in [6.07, 6.45) is 2.10. The van der Waals surface area contributed by atoms with E-state index in [1.165, 1.54) is 6.42 Å². The average Bonchev–Trinajstić information content (AvgIpc) is 2.46. The molecule has 0 spiro atoms. The molecule has 0 bridgehead atoms. The Bertz CT molecular complexity index is 416. The van der Waals surface area contributed by atoms with Crippen molar-refractivity contribution in [3.63, 3.8) is 0 Å². The van der Waals surface area contributed by atoms with Crippen LogP contribution in [0.2, 0.25) is 0 Å². The van der Waals surface area contributed by atoms with Crippen LogP contribution < -0.4 is 4.90 Å². The van der Waals surface area contributed by atoms with Crippen LogP contribution in [0.15, 0.2) is 10.7 Å². The molecule has 4 nitrogen and oxygen atoms in total. The Morgan fingerprint density at radius 1 is 1.21 bits per heavy atom. The number of piperazine rings is 1. The molecule has 0 radical (unpaired) electrons. The SMILES string of the molecule is CCc1nc(Br)cc(N2CCN(C(C)CC)CC2)n1. The van der Waals surface area contributed by atoms with Gasteiger partial charge in [0.1, 0.15) is 16.2 Å². The first-order valence-electron chi connectivity index (χ1n) is 7.16. The van der Waals surface area contributed by atoms with Crippen LogP contribution >= 0.6 is 15.9 Å². The first-order chi connectivity index (χ1) is 9.13. The number of aryl methyl sites for hydroxylation is 1. The lowest BCUT2D eigenvalue weighted by Crippen LogP contribution is -2.49. The van der Waals surface area contributed by atoms with Gasteiger partial charge in [-0.1, -0.05) is 13.8 Å². The zero-order valence-electron chi connectivity index (χ0n) is 12.1. The van der Waals surface area contributed by atoms with E-state index in [2.05, 4.69) is 56.5 Å². The van der Waals surface area contributed by atoms with Crippen LogP contribution in [-0.4, -0.2) is 47.1 Å². The molecule has 1 atom stereocenters. The van der Waals surface area contributed by atoms with Crippen LogP contribution in [-0.2, 0) is 6.42 Å². The molecular weight excluding hydrogens is 304 g/mol. The van der Waals surface area contributed by atoms with Gasteiger partial charge in [0.05, 0.1) is 0 Å². The predicted molar refractivity (Wildman–Crippen MR) is 82.6 cm³/mol. The minimum Gasteiger partial charge on any atom is -0.354 e. The van der Waals surface area contributed by atoms with Crippen molar-refractivity contribution in [2.75, 3.05) is 31.1 Å². The summed E-state index contributed by atoms with van der Waals surface area (Å²) >= 11 is 3.48. The highest BCUT2D eigenvalue weighted by Gasteiger charge is 2.21. The molecule has 1 aromatic heterocycles. The molecule has 106 valence electrons. The molecule has 5 heteroatoms. The largest absolute Gasteiger partial charge is 0.354 e. The van der Waals surface area contributed by atoms with Gasteiger partial charge in [-0.15, -0.1) is 0 Å². The van der Waals surface area contributed by atoms with E-state index in [4.69, 9.17) is 0 Å². The highest BCUT2D eigenvalue weighted by atomic mass is 79.9. The second-order valence-electron chi connectivity index (χ2n) is 5.10. The third kappa shape index (κ3) is 3.66. The van der Waals surface area contributed by atoms with Crippen molar-refractivity contribution in [3.8, 4) is 0 Å². The maximum atomic E-state index is 4.63. The Labute approximate surface area is 124 Å². The van der Waals surface area contributed by atoms with E-state index in [0.717, 1.165) is 48.8 Å². The smallest absolute Gasteiger partial charge is 0.133 e. The van der Waals surface area contributed by atoms with Crippen LogP contribution in [0.1, 0.15) is 33.0 Å². The van der Waals surface area contributed by atoms with Gasteiger partial charge in [0.15, 0.2) is 0 Å². The summed E-state index contributed by atoms with van der Waals surface area (Å²) in [7, 11) is 0. The second kappa shape index (κ2) is 6.66. The van der Waals surface area contributed by atoms with Gasteiger partial charge in [-0.2, -0.15) is 0 Å². The lowest BCUT2D eigenvalue weighted by Gasteiger charge is -2.38. The molecule has 1 saturated heterocycles. The van der Waals surface area contributed by atoms with Gasteiger partial charge >= 0.3 is 0 Å². The Kier molecular flexibility index (Phi) is 5.16. The summed E-state index contributed by atoms with van der Waals surface area (Å²) in [5.74, 6) is 1.97. The third-order valence-corrected chi connectivity index (χ3v) is 4.30. The molecule has 1 aromatic rings. The second-order valence-corrected chi connectivity index (χ2v) is 5.91. The maximum absolute atomic E-state index is 4.63. The van der Waals surface area contributed by atoms with E-state index < -0.39 is 0 Å². The molecule has 2 heterocycles. The molecule has 0 N–H and O–H groups in total. The quantitative estimate of drug-likeness (QED) is 0.796. The minimum absolute atomic E-state index is 0.686. The van der Waals surface area contributed by atoms with Gasteiger partial charge in [0.25, 0.3) is 0 Å². The molecular formula is C14H23BrN4. The molecule has 1 aliphatic rings. The van der Waals surface area contributed by atoms with Crippen molar-refractivity contribution in [1.29, 1.82) is 0 Å². The topological polar surface area (TPSA) is 32.3 Å². The monoisotopic (exact) mass is 326 g/mol. The molecule has 0 amide bonds. The van der Waals surface area contributed by atoms with E-state index in [-0.39, 0.29) is 0 Å². The van der Waals surface area contributed by atoms with E-state index >= 15 is 0 Å². The fourth-order valence-corrected chi connectivity index (χ4v) is 2.83. The van der Waals surface area contributed by atoms with E-state index in [9.17, 15) is 0 Å². The van der Waals surface area contributed by atoms with Crippen LogP contribution in [0.3, 0.4) is 0 Å². The Hall–Kier alpha value is -0.680. The lowest BCUT2D eigenvalue weighted by molar-refractivity contribution is 0.192. The zero-order valence-corrected chi connectivity index (χ0v) is 13.7. The van der Waals surface area contributed by atoms with Gasteiger partial charge in [0, 0.05) is 44.7 Å². The van der Waals surface area contributed by atoms with Gasteiger partial charge in [-0.05, 0) is 29.3 Å². The number of rotatable bonds is 4. The van der Waals surface area contributed by atoms with Crippen molar-refractivity contribution in [2.24, 2.45) is 0 Å². The summed E-state index contributed by atoms with van der Waals surface area (Å²) in [4.78, 5) is 13.9. The number of halogens is 1. The Morgan fingerprint density at radius 3 is 2.47 bits per heavy atom. The summed E-state index contributed by atoms with van der Waals surface area (Å²) in [6, 6.07) is 2.71. The van der Waals surface area contributed by atoms with Crippen LogP contribution in [0, 0.1) is 0 Å². The molecule has 1 fully saturated rings. The minimum atomic E-state index is 0.686. The maximum Gasteiger partial charge on any atom is 0.133 e. The first kappa shape index (κ1) is 14.7. The fraction of sp³-hybridized carbons (Fsp3) is 0.714. The lowest BCUT2D eigenvalue weighted by atomic mass is 10.2. The number of hydrogen-bond acceptors (Lipinski definition) is 4. The van der Waals surface area contributed by atoms with Gasteiger partial charge < -0.3 is 4.90 Å². The average molecular weight is 327 g/mol. The highest BCUT2D eigenvalue weighted by molar-refractivity contribution is 9.10. The van der Waals surface area contributed by atoms with E-state index in [1.807, 2.05) is 6.07 Å². The summed E-state index contributed by atoms with van der Waals surface area (Å²) < 4.78 is 0.888. The van der Waals surface area contributed by atoms with Crippen molar-refractivity contribution in [1.82, 2.24) is 14.9 Å². The molecule has 1 aliphatic heterocycles.